The number of methoxy groups -OCH3 is 1. The van der Waals surface area contributed by atoms with Crippen molar-refractivity contribution < 1.29 is 18.7 Å². The average Bonchev–Trinajstić information content (AvgIpc) is 3.78. The summed E-state index contributed by atoms with van der Waals surface area (Å²) in [6.07, 6.45) is 7.39. The molecule has 0 radical (unpaired) electrons. The molecule has 0 fully saturated rings. The van der Waals surface area contributed by atoms with Crippen molar-refractivity contribution >= 4 is 39.6 Å². The van der Waals surface area contributed by atoms with Crippen LogP contribution in [0.15, 0.2) is 128 Å². The highest BCUT2D eigenvalue weighted by Gasteiger charge is 2.20. The Labute approximate surface area is 304 Å². The molecule has 0 saturated heterocycles. The van der Waals surface area contributed by atoms with Crippen LogP contribution in [0.25, 0.3) is 72.3 Å². The fraction of sp³-hybridized carbons (Fsp3) is 0.0698. The molecule has 0 aliphatic heterocycles. The summed E-state index contributed by atoms with van der Waals surface area (Å²) in [4.78, 5) is 38.0. The maximum absolute atomic E-state index is 14.1. The number of anilines is 1. The van der Waals surface area contributed by atoms with Crippen molar-refractivity contribution in [2.45, 2.75) is 6.92 Å². The van der Waals surface area contributed by atoms with Crippen LogP contribution in [-0.2, 0) is 4.79 Å². The van der Waals surface area contributed by atoms with Gasteiger partial charge >= 0.3 is 0 Å². The molecule has 260 valence electrons. The Hall–Kier alpha value is -7.07. The fourth-order valence-corrected chi connectivity index (χ4v) is 6.79. The second-order valence-corrected chi connectivity index (χ2v) is 12.6. The molecule has 0 spiro atoms. The third-order valence-electron chi connectivity index (χ3n) is 9.29. The Balaban J connectivity index is 1.30. The molecular weight excluding hydrogens is 668 g/mol. The number of nitrogens with zero attached hydrogens (tertiary/aromatic N) is 3. The number of nitrogens with one attached hydrogen (secondary N) is 3. The van der Waals surface area contributed by atoms with Crippen LogP contribution in [0.2, 0.25) is 0 Å². The van der Waals surface area contributed by atoms with Gasteiger partial charge in [0.1, 0.15) is 22.9 Å². The molecule has 2 amide bonds. The second kappa shape index (κ2) is 13.6. The van der Waals surface area contributed by atoms with Crippen LogP contribution in [0, 0.1) is 5.82 Å². The minimum absolute atomic E-state index is 0.174. The molecule has 8 aromatic rings. The highest BCUT2D eigenvalue weighted by Crippen LogP contribution is 2.41. The first-order chi connectivity index (χ1) is 25.8. The van der Waals surface area contributed by atoms with Gasteiger partial charge in [-0.1, -0.05) is 48.5 Å². The largest absolute Gasteiger partial charge is 0.496 e. The molecule has 10 heteroatoms. The van der Waals surface area contributed by atoms with Crippen molar-refractivity contribution in [3.05, 3.63) is 139 Å². The first-order valence-corrected chi connectivity index (χ1v) is 16.9. The van der Waals surface area contributed by atoms with Gasteiger partial charge in [0.25, 0.3) is 5.91 Å². The van der Waals surface area contributed by atoms with Gasteiger partial charge in [-0.05, 0) is 71.3 Å². The zero-order valence-corrected chi connectivity index (χ0v) is 29.1. The van der Waals surface area contributed by atoms with Gasteiger partial charge in [-0.3, -0.25) is 14.2 Å². The van der Waals surface area contributed by atoms with E-state index in [2.05, 4.69) is 26.7 Å². The van der Waals surface area contributed by atoms with Crippen molar-refractivity contribution in [1.29, 1.82) is 0 Å². The van der Waals surface area contributed by atoms with Gasteiger partial charge in [0.15, 0.2) is 0 Å². The number of carbonyl (C=O) groups excluding carboxylic acids is 2. The molecule has 0 atom stereocenters. The number of H-pyrrole nitrogens is 1. The zero-order chi connectivity index (χ0) is 36.6. The first-order valence-electron chi connectivity index (χ1n) is 16.9. The number of fused-ring (bicyclic) bond motifs is 2. The number of benzene rings is 4. The maximum Gasteiger partial charge on any atom is 0.251 e. The Morgan fingerprint density at radius 3 is 2.28 bits per heavy atom. The summed E-state index contributed by atoms with van der Waals surface area (Å²) in [5, 5.41) is 7.43. The summed E-state index contributed by atoms with van der Waals surface area (Å²) in [7, 11) is 3.25. The molecule has 53 heavy (non-hydrogen) atoms. The molecule has 8 rings (SSSR count). The molecule has 4 aromatic carbocycles. The van der Waals surface area contributed by atoms with E-state index < -0.39 is 0 Å². The van der Waals surface area contributed by atoms with Crippen LogP contribution >= 0.6 is 0 Å². The molecule has 0 saturated carbocycles. The normalized spacial score (nSPS) is 11.2. The lowest BCUT2D eigenvalue weighted by Gasteiger charge is -2.14. The van der Waals surface area contributed by atoms with E-state index in [1.807, 2.05) is 89.8 Å². The van der Waals surface area contributed by atoms with Gasteiger partial charge in [-0.2, -0.15) is 0 Å². The monoisotopic (exact) mass is 700 g/mol. The Morgan fingerprint density at radius 1 is 0.755 bits per heavy atom. The molecule has 0 unspecified atom stereocenters. The highest BCUT2D eigenvalue weighted by molar-refractivity contribution is 6.02. The van der Waals surface area contributed by atoms with Crippen LogP contribution in [0.4, 0.5) is 10.1 Å². The van der Waals surface area contributed by atoms with E-state index >= 15 is 0 Å². The number of ether oxygens (including phenoxy) is 1. The smallest absolute Gasteiger partial charge is 0.251 e. The average molecular weight is 701 g/mol. The van der Waals surface area contributed by atoms with Crippen molar-refractivity contribution in [2.24, 2.45) is 0 Å². The van der Waals surface area contributed by atoms with Crippen molar-refractivity contribution in [1.82, 2.24) is 24.8 Å². The van der Waals surface area contributed by atoms with E-state index in [-0.39, 0.29) is 17.6 Å². The van der Waals surface area contributed by atoms with E-state index in [1.54, 1.807) is 38.7 Å². The van der Waals surface area contributed by atoms with Gasteiger partial charge < -0.3 is 20.4 Å². The van der Waals surface area contributed by atoms with Crippen LogP contribution < -0.4 is 15.4 Å². The second-order valence-electron chi connectivity index (χ2n) is 12.6. The van der Waals surface area contributed by atoms with Crippen molar-refractivity contribution in [3.8, 4) is 55.9 Å². The number of hydrogen-bond donors (Lipinski definition) is 3. The number of pyridine rings is 2. The maximum atomic E-state index is 14.1. The molecular formula is C43H33FN6O3. The van der Waals surface area contributed by atoms with E-state index in [4.69, 9.17) is 9.72 Å². The number of rotatable bonds is 8. The summed E-state index contributed by atoms with van der Waals surface area (Å²) in [5.74, 6) is -0.0296. The number of para-hydroxylation sites is 1. The van der Waals surface area contributed by atoms with E-state index in [9.17, 15) is 14.0 Å². The lowest BCUT2D eigenvalue weighted by atomic mass is 10.0. The van der Waals surface area contributed by atoms with Crippen LogP contribution in [0.5, 0.6) is 5.75 Å². The number of aromatic amines is 1. The summed E-state index contributed by atoms with van der Waals surface area (Å²) >= 11 is 0. The lowest BCUT2D eigenvalue weighted by molar-refractivity contribution is -0.114. The summed E-state index contributed by atoms with van der Waals surface area (Å²) in [5.41, 5.74) is 9.81. The van der Waals surface area contributed by atoms with Gasteiger partial charge in [0, 0.05) is 82.9 Å². The van der Waals surface area contributed by atoms with E-state index in [1.165, 1.54) is 19.1 Å². The molecule has 0 aliphatic carbocycles. The van der Waals surface area contributed by atoms with Crippen molar-refractivity contribution in [3.63, 3.8) is 0 Å². The van der Waals surface area contributed by atoms with Crippen LogP contribution in [0.1, 0.15) is 17.3 Å². The number of aromatic nitrogens is 4. The van der Waals surface area contributed by atoms with Gasteiger partial charge in [0.05, 0.1) is 18.5 Å². The summed E-state index contributed by atoms with van der Waals surface area (Å²) < 4.78 is 21.8. The molecule has 3 N–H and O–H groups in total. The van der Waals surface area contributed by atoms with E-state index in [0.29, 0.717) is 34.0 Å². The Kier molecular flexibility index (Phi) is 8.47. The molecule has 0 aliphatic rings. The predicted octanol–water partition coefficient (Wildman–Crippen LogP) is 9.04. The zero-order valence-electron chi connectivity index (χ0n) is 29.1. The number of amides is 2. The standard InChI is InChI=1S/C43H33FN6O3/c1-25(51)49-38-20-28(36-23-47-41-34(36)18-30(21-46-41)27-9-7-11-32(44)17-27)14-15-39(38)50-24-37(33-12-4-5-13-40(33)53-3)35-19-31(22-48-42(35)50)26-8-6-10-29(16-26)43(52)45-2/h4-24H,1-3H3,(H,45,52)(H,46,47)(H,49,51). The van der Waals surface area contributed by atoms with E-state index in [0.717, 1.165) is 55.3 Å². The predicted molar refractivity (Wildman–Crippen MR) is 207 cm³/mol. The Bertz CT molecular complexity index is 2710. The minimum atomic E-state index is -0.320. The Morgan fingerprint density at radius 2 is 1.51 bits per heavy atom. The molecule has 4 aromatic heterocycles. The quantitative estimate of drug-likeness (QED) is 0.146. The van der Waals surface area contributed by atoms with Gasteiger partial charge in [-0.25, -0.2) is 14.4 Å². The topological polar surface area (TPSA) is 114 Å². The fourth-order valence-electron chi connectivity index (χ4n) is 6.79. The summed E-state index contributed by atoms with van der Waals surface area (Å²) in [6.45, 7) is 1.48. The van der Waals surface area contributed by atoms with Gasteiger partial charge in [0.2, 0.25) is 5.91 Å². The third kappa shape index (κ3) is 6.16. The van der Waals surface area contributed by atoms with Gasteiger partial charge in [-0.15, -0.1) is 0 Å². The lowest BCUT2D eigenvalue weighted by Crippen LogP contribution is -2.17. The highest BCUT2D eigenvalue weighted by atomic mass is 19.1. The van der Waals surface area contributed by atoms with Crippen LogP contribution in [0.3, 0.4) is 0 Å². The SMILES string of the molecule is CNC(=O)c1cccc(-c2cnc3c(c2)c(-c2ccccc2OC)cn3-c2ccc(-c3c[nH]c4ncc(-c5cccc(F)c5)cc34)cc2NC(C)=O)c1. The first kappa shape index (κ1) is 33.1. The van der Waals surface area contributed by atoms with Crippen LogP contribution in [-0.4, -0.2) is 45.5 Å². The van der Waals surface area contributed by atoms with Crippen molar-refractivity contribution in [2.75, 3.05) is 19.5 Å². The molecule has 0 bridgehead atoms. The third-order valence-corrected chi connectivity index (χ3v) is 9.29. The minimum Gasteiger partial charge on any atom is -0.496 e. The molecule has 9 nitrogen and oxygen atoms in total. The number of carbonyl (C=O) groups is 2. The number of halogens is 1. The summed E-state index contributed by atoms with van der Waals surface area (Å²) in [6, 6.07) is 31.6. The number of hydrogen-bond acceptors (Lipinski definition) is 5. The molecule has 4 heterocycles.